The number of methoxy groups -OCH3 is 4. The molecule has 0 atom stereocenters. The molecule has 0 bridgehead atoms. The molecule has 0 saturated heterocycles. The molecule has 10 heteroatoms. The van der Waals surface area contributed by atoms with E-state index in [1.54, 1.807) is 28.4 Å². The van der Waals surface area contributed by atoms with Gasteiger partial charge in [0.25, 0.3) is 0 Å². The van der Waals surface area contributed by atoms with Crippen LogP contribution >= 0.6 is 31.9 Å². The van der Waals surface area contributed by atoms with Gasteiger partial charge in [-0.05, 0) is 35.4 Å². The summed E-state index contributed by atoms with van der Waals surface area (Å²) >= 11 is 7.15. The Morgan fingerprint density at radius 3 is 1.18 bits per heavy atom. The standard InChI is InChI=1S/C28H26Br2N4O4/c1-35-21-13-19(31-27(33-21)37-3)25-23(15-5-9-17(29)10-6-15)26(24(25)16-7-11-18(30)12-8-16)20-14-22(36-2)34-28(32-20)38-4/h5-14,23-26H,1-4H3. The molecule has 2 aromatic carbocycles. The molecule has 5 rings (SSSR count). The molecule has 196 valence electrons. The highest BCUT2D eigenvalue weighted by Gasteiger charge is 2.54. The van der Waals surface area contributed by atoms with Gasteiger partial charge in [-0.3, -0.25) is 0 Å². The molecule has 0 amide bonds. The number of nitrogens with zero attached hydrogens (tertiary/aromatic N) is 4. The third-order valence-corrected chi connectivity index (χ3v) is 7.99. The summed E-state index contributed by atoms with van der Waals surface area (Å²) in [5.74, 6) is 0.880. The lowest BCUT2D eigenvalue weighted by molar-refractivity contribution is 0.214. The van der Waals surface area contributed by atoms with Crippen LogP contribution in [0.3, 0.4) is 0 Å². The zero-order chi connectivity index (χ0) is 26.8. The molecule has 1 aliphatic carbocycles. The van der Waals surface area contributed by atoms with E-state index in [0.717, 1.165) is 31.5 Å². The van der Waals surface area contributed by atoms with Gasteiger partial charge in [0.1, 0.15) is 0 Å². The number of ether oxygens (including phenoxy) is 4. The minimum absolute atomic E-state index is 0.0189. The quantitative estimate of drug-likeness (QED) is 0.222. The van der Waals surface area contributed by atoms with Crippen LogP contribution in [0.5, 0.6) is 23.8 Å². The third kappa shape index (κ3) is 5.07. The molecule has 1 saturated carbocycles. The SMILES string of the molecule is COc1cc(C2C(c3ccc(Br)cc3)C(c3cc(OC)nc(OC)n3)C2c2ccc(Br)cc2)nc(OC)n1. The maximum atomic E-state index is 5.50. The fraction of sp³-hybridized carbons (Fsp3) is 0.286. The van der Waals surface area contributed by atoms with Gasteiger partial charge < -0.3 is 18.9 Å². The predicted molar refractivity (Wildman–Crippen MR) is 150 cm³/mol. The summed E-state index contributed by atoms with van der Waals surface area (Å²) in [6.07, 6.45) is 0. The van der Waals surface area contributed by atoms with Gasteiger partial charge in [0.2, 0.25) is 11.8 Å². The van der Waals surface area contributed by atoms with Crippen molar-refractivity contribution < 1.29 is 18.9 Å². The molecule has 1 fully saturated rings. The lowest BCUT2D eigenvalue weighted by Gasteiger charge is -2.52. The summed E-state index contributed by atoms with van der Waals surface area (Å²) in [4.78, 5) is 18.2. The summed E-state index contributed by atoms with van der Waals surface area (Å²) in [6.45, 7) is 0. The van der Waals surface area contributed by atoms with Crippen LogP contribution in [-0.4, -0.2) is 48.4 Å². The first-order valence-electron chi connectivity index (χ1n) is 11.9. The minimum atomic E-state index is -0.0277. The van der Waals surface area contributed by atoms with Crippen molar-refractivity contribution in [2.24, 2.45) is 0 Å². The van der Waals surface area contributed by atoms with E-state index in [9.17, 15) is 0 Å². The fourth-order valence-electron chi connectivity index (χ4n) is 5.26. The molecule has 4 aromatic rings. The highest BCUT2D eigenvalue weighted by Crippen LogP contribution is 2.66. The largest absolute Gasteiger partial charge is 0.481 e. The molecule has 0 radical (unpaired) electrons. The first-order valence-corrected chi connectivity index (χ1v) is 13.5. The van der Waals surface area contributed by atoms with Crippen molar-refractivity contribution in [1.82, 2.24) is 19.9 Å². The summed E-state index contributed by atoms with van der Waals surface area (Å²) in [5, 5.41) is 0. The van der Waals surface area contributed by atoms with Crippen LogP contribution in [0.4, 0.5) is 0 Å². The van der Waals surface area contributed by atoms with Crippen molar-refractivity contribution in [2.75, 3.05) is 28.4 Å². The van der Waals surface area contributed by atoms with Crippen LogP contribution in [0.15, 0.2) is 69.6 Å². The van der Waals surface area contributed by atoms with E-state index in [1.165, 1.54) is 0 Å². The van der Waals surface area contributed by atoms with Gasteiger partial charge >= 0.3 is 12.0 Å². The number of hydrogen-bond acceptors (Lipinski definition) is 8. The maximum absolute atomic E-state index is 5.50. The highest BCUT2D eigenvalue weighted by atomic mass is 79.9. The average molecular weight is 642 g/mol. The lowest BCUT2D eigenvalue weighted by atomic mass is 9.50. The second kappa shape index (κ2) is 11.2. The van der Waals surface area contributed by atoms with E-state index in [1.807, 2.05) is 12.1 Å². The van der Waals surface area contributed by atoms with Crippen molar-refractivity contribution in [2.45, 2.75) is 23.7 Å². The Kier molecular flexibility index (Phi) is 7.80. The van der Waals surface area contributed by atoms with E-state index in [0.29, 0.717) is 11.8 Å². The van der Waals surface area contributed by atoms with Gasteiger partial charge in [0.15, 0.2) is 0 Å². The molecule has 2 aromatic heterocycles. The van der Waals surface area contributed by atoms with E-state index in [-0.39, 0.29) is 35.7 Å². The molecular weight excluding hydrogens is 616 g/mol. The molecule has 2 heterocycles. The summed E-state index contributed by atoms with van der Waals surface area (Å²) in [6, 6.07) is 21.1. The van der Waals surface area contributed by atoms with Crippen LogP contribution in [0.1, 0.15) is 46.2 Å². The first-order chi connectivity index (χ1) is 18.4. The van der Waals surface area contributed by atoms with Crippen molar-refractivity contribution >= 4 is 31.9 Å². The Bertz CT molecular complexity index is 1260. The van der Waals surface area contributed by atoms with E-state index < -0.39 is 0 Å². The highest BCUT2D eigenvalue weighted by molar-refractivity contribution is 9.10. The van der Waals surface area contributed by atoms with E-state index >= 15 is 0 Å². The molecule has 8 nitrogen and oxygen atoms in total. The van der Waals surface area contributed by atoms with Crippen LogP contribution in [0.25, 0.3) is 0 Å². The monoisotopic (exact) mass is 640 g/mol. The summed E-state index contributed by atoms with van der Waals surface area (Å²) in [7, 11) is 6.29. The Morgan fingerprint density at radius 2 is 0.868 bits per heavy atom. The topological polar surface area (TPSA) is 88.5 Å². The lowest BCUT2D eigenvalue weighted by Crippen LogP contribution is -2.41. The Morgan fingerprint density at radius 1 is 0.500 bits per heavy atom. The van der Waals surface area contributed by atoms with Crippen LogP contribution < -0.4 is 18.9 Å². The Balaban J connectivity index is 1.74. The number of hydrogen-bond donors (Lipinski definition) is 0. The van der Waals surface area contributed by atoms with Crippen molar-refractivity contribution in [3.8, 4) is 23.8 Å². The predicted octanol–water partition coefficient (Wildman–Crippen LogP) is 6.27. The van der Waals surface area contributed by atoms with Crippen molar-refractivity contribution in [3.05, 3.63) is 92.1 Å². The van der Waals surface area contributed by atoms with Gasteiger partial charge in [-0.1, -0.05) is 56.1 Å². The second-order valence-electron chi connectivity index (χ2n) is 8.85. The van der Waals surface area contributed by atoms with Crippen LogP contribution in [-0.2, 0) is 0 Å². The van der Waals surface area contributed by atoms with E-state index in [2.05, 4.69) is 90.4 Å². The van der Waals surface area contributed by atoms with Crippen LogP contribution in [0, 0.1) is 0 Å². The maximum Gasteiger partial charge on any atom is 0.319 e. The zero-order valence-electron chi connectivity index (χ0n) is 21.3. The molecule has 0 spiro atoms. The smallest absolute Gasteiger partial charge is 0.319 e. The molecule has 38 heavy (non-hydrogen) atoms. The van der Waals surface area contributed by atoms with Crippen molar-refractivity contribution in [1.29, 1.82) is 0 Å². The van der Waals surface area contributed by atoms with Gasteiger partial charge in [0, 0.05) is 44.7 Å². The summed E-state index contributed by atoms with van der Waals surface area (Å²) in [5.41, 5.74) is 3.98. The third-order valence-electron chi connectivity index (χ3n) is 6.93. The number of halogens is 2. The van der Waals surface area contributed by atoms with Crippen LogP contribution in [0.2, 0.25) is 0 Å². The Labute approximate surface area is 238 Å². The van der Waals surface area contributed by atoms with Crippen molar-refractivity contribution in [3.63, 3.8) is 0 Å². The zero-order valence-corrected chi connectivity index (χ0v) is 24.4. The number of rotatable bonds is 8. The summed E-state index contributed by atoms with van der Waals surface area (Å²) < 4.78 is 23.9. The van der Waals surface area contributed by atoms with Gasteiger partial charge in [-0.25, -0.2) is 0 Å². The average Bonchev–Trinajstić information content (AvgIpc) is 2.94. The minimum Gasteiger partial charge on any atom is -0.481 e. The Hall–Kier alpha value is -3.24. The second-order valence-corrected chi connectivity index (χ2v) is 10.7. The first kappa shape index (κ1) is 26.4. The molecular formula is C28H26Br2N4O4. The molecule has 0 aliphatic heterocycles. The number of aromatic nitrogens is 4. The molecule has 0 unspecified atom stereocenters. The van der Waals surface area contributed by atoms with E-state index in [4.69, 9.17) is 28.9 Å². The fourth-order valence-corrected chi connectivity index (χ4v) is 5.79. The molecule has 1 aliphatic rings. The van der Waals surface area contributed by atoms with Gasteiger partial charge in [0.05, 0.1) is 39.8 Å². The van der Waals surface area contributed by atoms with Gasteiger partial charge in [-0.15, -0.1) is 0 Å². The van der Waals surface area contributed by atoms with Gasteiger partial charge in [-0.2, -0.15) is 19.9 Å². The number of benzene rings is 2. The normalized spacial score (nSPS) is 20.4. The molecule has 0 N–H and O–H groups in total.